The number of hydrogen-bond donors (Lipinski definition) is 0. The van der Waals surface area contributed by atoms with Crippen LogP contribution in [0, 0.1) is 0 Å². The van der Waals surface area contributed by atoms with Crippen LogP contribution in [0.4, 0.5) is 13.2 Å². The van der Waals surface area contributed by atoms with Gasteiger partial charge in [0.2, 0.25) is 5.91 Å². The maximum absolute atomic E-state index is 12.6. The summed E-state index contributed by atoms with van der Waals surface area (Å²) in [5.41, 5.74) is 0.485. The molecule has 1 aromatic carbocycles. The Morgan fingerprint density at radius 1 is 1.18 bits per heavy atom. The molecule has 0 heterocycles. The van der Waals surface area contributed by atoms with E-state index < -0.39 is 30.0 Å². The molecule has 1 aromatic rings. The Labute approximate surface area is 124 Å². The van der Waals surface area contributed by atoms with Crippen molar-refractivity contribution in [3.05, 3.63) is 35.9 Å². The van der Waals surface area contributed by atoms with E-state index in [0.717, 1.165) is 14.0 Å². The Balaban J connectivity index is 3.19. The van der Waals surface area contributed by atoms with Gasteiger partial charge in [-0.15, -0.1) is 0 Å². The molecule has 0 aliphatic rings. The van der Waals surface area contributed by atoms with E-state index in [1.165, 1.54) is 0 Å². The third-order valence-corrected chi connectivity index (χ3v) is 2.86. The van der Waals surface area contributed by atoms with Gasteiger partial charge < -0.3 is 4.74 Å². The van der Waals surface area contributed by atoms with Crippen LogP contribution in [0.5, 0.6) is 0 Å². The summed E-state index contributed by atoms with van der Waals surface area (Å²) in [5.74, 6) is -4.68. The minimum atomic E-state index is -5.27. The molecule has 0 aliphatic heterocycles. The molecule has 0 aromatic heterocycles. The predicted molar refractivity (Wildman–Crippen MR) is 69.5 cm³/mol. The van der Waals surface area contributed by atoms with Crippen molar-refractivity contribution < 1.29 is 32.3 Å². The highest BCUT2D eigenvalue weighted by Crippen LogP contribution is 2.22. The molecule has 0 saturated carbocycles. The van der Waals surface area contributed by atoms with Crippen LogP contribution in [0.2, 0.25) is 0 Å². The van der Waals surface area contributed by atoms with Gasteiger partial charge in [0, 0.05) is 13.3 Å². The van der Waals surface area contributed by atoms with Crippen molar-refractivity contribution >= 4 is 17.8 Å². The smallest absolute Gasteiger partial charge is 0.467 e. The molecule has 22 heavy (non-hydrogen) atoms. The van der Waals surface area contributed by atoms with Crippen LogP contribution in [0.25, 0.3) is 0 Å². The fourth-order valence-electron chi connectivity index (χ4n) is 1.89. The van der Waals surface area contributed by atoms with Crippen LogP contribution in [-0.2, 0) is 25.5 Å². The lowest BCUT2D eigenvalue weighted by Gasteiger charge is -2.27. The quantitative estimate of drug-likeness (QED) is 0.793. The molecule has 0 bridgehead atoms. The van der Waals surface area contributed by atoms with Crippen molar-refractivity contribution in [2.75, 3.05) is 7.11 Å². The first-order valence-electron chi connectivity index (χ1n) is 6.21. The summed E-state index contributed by atoms with van der Waals surface area (Å²) in [7, 11) is 0.969. The number of benzene rings is 1. The van der Waals surface area contributed by atoms with E-state index in [9.17, 15) is 27.6 Å². The molecule has 1 unspecified atom stereocenters. The van der Waals surface area contributed by atoms with E-state index in [0.29, 0.717) is 5.56 Å². The van der Waals surface area contributed by atoms with Crippen molar-refractivity contribution in [3.63, 3.8) is 0 Å². The molecular weight excluding hydrogens is 303 g/mol. The number of hydrogen-bond acceptors (Lipinski definition) is 4. The number of alkyl halides is 3. The molecule has 2 amide bonds. The molecule has 0 radical (unpaired) electrons. The monoisotopic (exact) mass is 317 g/mol. The number of imide groups is 1. The molecule has 0 saturated heterocycles. The zero-order chi connectivity index (χ0) is 16.9. The average molecular weight is 317 g/mol. The summed E-state index contributed by atoms with van der Waals surface area (Å²) in [6.07, 6.45) is -5.54. The Morgan fingerprint density at radius 2 is 1.73 bits per heavy atom. The number of amides is 2. The molecular formula is C14H14F3NO4. The lowest BCUT2D eigenvalue weighted by molar-refractivity contribution is -0.192. The predicted octanol–water partition coefficient (Wildman–Crippen LogP) is 1.71. The Morgan fingerprint density at radius 3 is 2.14 bits per heavy atom. The Kier molecular flexibility index (Phi) is 5.67. The molecule has 1 rings (SSSR count). The molecule has 0 fully saturated rings. The summed E-state index contributed by atoms with van der Waals surface area (Å²) in [5, 5.41) is 0. The molecule has 8 heteroatoms. The minimum absolute atomic E-state index is 0.112. The van der Waals surface area contributed by atoms with E-state index >= 15 is 0 Å². The highest BCUT2D eigenvalue weighted by Gasteiger charge is 2.48. The van der Waals surface area contributed by atoms with Gasteiger partial charge >= 0.3 is 18.1 Å². The van der Waals surface area contributed by atoms with E-state index in [1.54, 1.807) is 30.3 Å². The molecule has 1 atom stereocenters. The number of rotatable bonds is 4. The summed E-state index contributed by atoms with van der Waals surface area (Å²) in [4.78, 5) is 34.6. The van der Waals surface area contributed by atoms with Crippen molar-refractivity contribution in [3.8, 4) is 0 Å². The van der Waals surface area contributed by atoms with E-state index in [-0.39, 0.29) is 11.3 Å². The number of esters is 1. The van der Waals surface area contributed by atoms with E-state index in [1.807, 2.05) is 0 Å². The van der Waals surface area contributed by atoms with Gasteiger partial charge in [-0.05, 0) is 5.56 Å². The zero-order valence-corrected chi connectivity index (χ0v) is 11.9. The van der Waals surface area contributed by atoms with Crippen LogP contribution in [0.15, 0.2) is 30.3 Å². The lowest BCUT2D eigenvalue weighted by atomic mass is 10.0. The summed E-state index contributed by atoms with van der Waals surface area (Å²) < 4.78 is 42.3. The van der Waals surface area contributed by atoms with Gasteiger partial charge in [0.25, 0.3) is 0 Å². The second-order valence-corrected chi connectivity index (χ2v) is 4.42. The normalized spacial score (nSPS) is 12.4. The standard InChI is InChI=1S/C14H14F3NO4/c1-9(19)18(13(21)14(15,16)17)11(12(20)22-2)8-10-6-4-3-5-7-10/h3-7,11H,8H2,1-2H3. The fourth-order valence-corrected chi connectivity index (χ4v) is 1.89. The first-order chi connectivity index (χ1) is 10.2. The van der Waals surface area contributed by atoms with Crippen molar-refractivity contribution in [1.82, 2.24) is 4.90 Å². The van der Waals surface area contributed by atoms with Crippen molar-refractivity contribution in [1.29, 1.82) is 0 Å². The highest BCUT2D eigenvalue weighted by atomic mass is 19.4. The van der Waals surface area contributed by atoms with Crippen LogP contribution >= 0.6 is 0 Å². The first-order valence-corrected chi connectivity index (χ1v) is 6.21. The van der Waals surface area contributed by atoms with E-state index in [4.69, 9.17) is 0 Å². The maximum atomic E-state index is 12.6. The number of halogens is 3. The molecule has 0 spiro atoms. The van der Waals surface area contributed by atoms with Gasteiger partial charge in [0.15, 0.2) is 0 Å². The topological polar surface area (TPSA) is 63.7 Å². The summed E-state index contributed by atoms with van der Waals surface area (Å²) in [6.45, 7) is 0.782. The Hall–Kier alpha value is -2.38. The zero-order valence-electron chi connectivity index (χ0n) is 11.9. The number of carbonyl (C=O) groups excluding carboxylic acids is 3. The van der Waals surface area contributed by atoms with Crippen LogP contribution in [0.3, 0.4) is 0 Å². The fraction of sp³-hybridized carbons (Fsp3) is 0.357. The van der Waals surface area contributed by atoms with Gasteiger partial charge in [-0.25, -0.2) is 4.79 Å². The SMILES string of the molecule is COC(=O)C(Cc1ccccc1)N(C(C)=O)C(=O)C(F)(F)F. The second kappa shape index (κ2) is 7.06. The van der Waals surface area contributed by atoms with Crippen LogP contribution in [0.1, 0.15) is 12.5 Å². The van der Waals surface area contributed by atoms with Gasteiger partial charge in [-0.2, -0.15) is 13.2 Å². The van der Waals surface area contributed by atoms with Gasteiger partial charge in [0.05, 0.1) is 7.11 Å². The van der Waals surface area contributed by atoms with Crippen LogP contribution in [-0.4, -0.2) is 42.0 Å². The third-order valence-electron chi connectivity index (χ3n) is 2.86. The van der Waals surface area contributed by atoms with Gasteiger partial charge in [-0.1, -0.05) is 30.3 Å². The maximum Gasteiger partial charge on any atom is 0.471 e. The van der Waals surface area contributed by atoms with Gasteiger partial charge in [-0.3, -0.25) is 14.5 Å². The number of methoxy groups -OCH3 is 1. The largest absolute Gasteiger partial charge is 0.471 e. The molecule has 0 N–H and O–H groups in total. The Bertz CT molecular complexity index is 557. The first kappa shape index (κ1) is 17.7. The minimum Gasteiger partial charge on any atom is -0.467 e. The van der Waals surface area contributed by atoms with Crippen molar-refractivity contribution in [2.45, 2.75) is 25.6 Å². The summed E-state index contributed by atoms with van der Waals surface area (Å²) >= 11 is 0. The number of carbonyl (C=O) groups is 3. The molecule has 120 valence electrons. The number of ether oxygens (including phenoxy) is 1. The van der Waals surface area contributed by atoms with Crippen LogP contribution < -0.4 is 0 Å². The molecule has 0 aliphatic carbocycles. The third kappa shape index (κ3) is 4.31. The second-order valence-electron chi connectivity index (χ2n) is 4.42. The molecule has 5 nitrogen and oxygen atoms in total. The summed E-state index contributed by atoms with van der Waals surface area (Å²) in [6, 6.07) is 6.36. The number of nitrogens with zero attached hydrogens (tertiary/aromatic N) is 1. The lowest BCUT2D eigenvalue weighted by Crippen LogP contribution is -2.53. The average Bonchev–Trinajstić information content (AvgIpc) is 2.45. The highest BCUT2D eigenvalue weighted by molar-refractivity contribution is 6.00. The van der Waals surface area contributed by atoms with Gasteiger partial charge in [0.1, 0.15) is 6.04 Å². The van der Waals surface area contributed by atoms with E-state index in [2.05, 4.69) is 4.74 Å². The van der Waals surface area contributed by atoms with Crippen molar-refractivity contribution in [2.24, 2.45) is 0 Å².